The molecule has 0 fully saturated rings. The third kappa shape index (κ3) is 7.21. The van der Waals surface area contributed by atoms with E-state index >= 15 is 0 Å². The van der Waals surface area contributed by atoms with Crippen molar-refractivity contribution in [1.29, 1.82) is 0 Å². The van der Waals surface area contributed by atoms with E-state index in [-0.39, 0.29) is 30.2 Å². The first kappa shape index (κ1) is 16.2. The zero-order valence-electron chi connectivity index (χ0n) is 10.3. The van der Waals surface area contributed by atoms with Gasteiger partial charge in [0.05, 0.1) is 0 Å². The third-order valence-electron chi connectivity index (χ3n) is 2.05. The molecule has 1 N–H and O–H groups in total. The van der Waals surface area contributed by atoms with Crippen molar-refractivity contribution >= 4 is 18.1 Å². The zero-order valence-corrected chi connectivity index (χ0v) is 14.1. The van der Waals surface area contributed by atoms with E-state index in [2.05, 4.69) is 23.9 Å². The van der Waals surface area contributed by atoms with Crippen molar-refractivity contribution in [3.63, 3.8) is 0 Å². The summed E-state index contributed by atoms with van der Waals surface area (Å²) in [5, 5.41) is 2.75. The first-order valence-corrected chi connectivity index (χ1v) is 11.4. The molecule has 0 radical (unpaired) electrons. The van der Waals surface area contributed by atoms with Crippen LogP contribution in [-0.2, 0) is 4.57 Å². The summed E-state index contributed by atoms with van der Waals surface area (Å²) >= 11 is 0.995. The molecule has 0 spiro atoms. The minimum absolute atomic E-state index is 0.109. The predicted molar refractivity (Wildman–Crippen MR) is 63.0 cm³/mol. The van der Waals surface area contributed by atoms with E-state index in [0.29, 0.717) is 0 Å². The molecule has 1 atom stereocenters. The Labute approximate surface area is 108 Å². The normalized spacial score (nSPS) is 17.8. The SMILES string of the molecule is CSP(=O)([O-])NC(C)(C)CC(C)(C)[I-]C. The molecule has 0 aliphatic heterocycles. The number of hydrogen-bond donors (Lipinski definition) is 1. The Morgan fingerprint density at radius 2 is 1.87 bits per heavy atom. The Hall–Kier alpha value is 1.23. The number of nitrogens with one attached hydrogen (secondary N) is 1. The van der Waals surface area contributed by atoms with E-state index in [4.69, 9.17) is 0 Å². The van der Waals surface area contributed by atoms with Gasteiger partial charge in [-0.2, -0.15) is 0 Å². The van der Waals surface area contributed by atoms with Gasteiger partial charge in [0, 0.05) is 0 Å². The van der Waals surface area contributed by atoms with E-state index in [0.717, 1.165) is 17.8 Å². The Kier molecular flexibility index (Phi) is 6.18. The number of halogens is 1. The van der Waals surface area contributed by atoms with Gasteiger partial charge in [-0.1, -0.05) is 0 Å². The Morgan fingerprint density at radius 3 is 2.20 bits per heavy atom. The molecule has 0 heterocycles. The van der Waals surface area contributed by atoms with Crippen LogP contribution in [-0.4, -0.2) is 20.1 Å². The summed E-state index contributed by atoms with van der Waals surface area (Å²) in [5.74, 6) is 0. The predicted octanol–water partition coefficient (Wildman–Crippen LogP) is -0.926. The fraction of sp³-hybridized carbons (Fsp3) is 1.00. The summed E-state index contributed by atoms with van der Waals surface area (Å²) in [7, 11) is 0. The first-order chi connectivity index (χ1) is 6.54. The van der Waals surface area contributed by atoms with Crippen LogP contribution in [0.5, 0.6) is 0 Å². The Bertz CT molecular complexity index is 258. The van der Waals surface area contributed by atoms with E-state index in [9.17, 15) is 9.46 Å². The van der Waals surface area contributed by atoms with E-state index in [1.54, 1.807) is 6.26 Å². The van der Waals surface area contributed by atoms with Crippen LogP contribution in [0.25, 0.3) is 0 Å². The summed E-state index contributed by atoms with van der Waals surface area (Å²) in [6, 6.07) is 0. The van der Waals surface area contributed by atoms with Gasteiger partial charge < -0.3 is 0 Å². The number of hydrogen-bond acceptors (Lipinski definition) is 3. The fourth-order valence-electron chi connectivity index (χ4n) is 1.57. The van der Waals surface area contributed by atoms with Crippen molar-refractivity contribution in [2.24, 2.45) is 0 Å². The molecule has 0 aliphatic rings. The summed E-state index contributed by atoms with van der Waals surface area (Å²) in [4.78, 5) is 13.7. The van der Waals surface area contributed by atoms with Crippen LogP contribution in [0.1, 0.15) is 34.1 Å². The van der Waals surface area contributed by atoms with Gasteiger partial charge in [0.25, 0.3) is 0 Å². The average molecular weight is 365 g/mol. The molecular formula is C9H21INO2PS-2. The first-order valence-electron chi connectivity index (χ1n) is 4.70. The summed E-state index contributed by atoms with van der Waals surface area (Å²) in [6.07, 6.45) is 2.48. The van der Waals surface area contributed by atoms with E-state index in [1.807, 2.05) is 13.8 Å². The Balaban J connectivity index is 4.50. The van der Waals surface area contributed by atoms with Gasteiger partial charge >= 0.3 is 108 Å². The van der Waals surface area contributed by atoms with Crippen molar-refractivity contribution in [3.05, 3.63) is 0 Å². The molecule has 0 aromatic heterocycles. The molecule has 3 nitrogen and oxygen atoms in total. The second-order valence-electron chi connectivity index (χ2n) is 4.76. The van der Waals surface area contributed by atoms with Crippen molar-refractivity contribution < 1.29 is 30.7 Å². The maximum absolute atomic E-state index is 11.5. The Morgan fingerprint density at radius 1 is 1.40 bits per heavy atom. The monoisotopic (exact) mass is 365 g/mol. The van der Waals surface area contributed by atoms with Crippen molar-refractivity contribution in [2.75, 3.05) is 11.2 Å². The van der Waals surface area contributed by atoms with Gasteiger partial charge in [-0.3, -0.25) is 0 Å². The van der Waals surface area contributed by atoms with Crippen molar-refractivity contribution in [1.82, 2.24) is 5.09 Å². The molecule has 0 aromatic rings. The molecule has 94 valence electrons. The minimum atomic E-state index is -3.46. The van der Waals surface area contributed by atoms with Gasteiger partial charge in [-0.25, -0.2) is 0 Å². The van der Waals surface area contributed by atoms with Crippen molar-refractivity contribution in [2.45, 2.75) is 43.1 Å². The van der Waals surface area contributed by atoms with Gasteiger partial charge in [0.15, 0.2) is 0 Å². The molecule has 0 saturated heterocycles. The summed E-state index contributed by atoms with van der Waals surface area (Å²) in [5.41, 5.74) is -0.348. The van der Waals surface area contributed by atoms with Gasteiger partial charge in [-0.15, -0.1) is 0 Å². The van der Waals surface area contributed by atoms with Crippen LogP contribution < -0.4 is 31.2 Å². The number of rotatable bonds is 6. The van der Waals surface area contributed by atoms with Crippen LogP contribution in [0, 0.1) is 0 Å². The maximum atomic E-state index is 11.5. The number of alkyl halides is 2. The average Bonchev–Trinajstić information content (AvgIpc) is 2.00. The molecule has 0 aromatic carbocycles. The quantitative estimate of drug-likeness (QED) is 0.376. The van der Waals surface area contributed by atoms with Gasteiger partial charge in [-0.05, 0) is 0 Å². The molecule has 1 unspecified atom stereocenters. The molecule has 6 heteroatoms. The molecule has 0 bridgehead atoms. The topological polar surface area (TPSA) is 52.2 Å². The van der Waals surface area contributed by atoms with E-state index in [1.165, 1.54) is 0 Å². The third-order valence-corrected chi connectivity index (χ3v) is 8.43. The van der Waals surface area contributed by atoms with Gasteiger partial charge in [0.2, 0.25) is 0 Å². The molecular weight excluding hydrogens is 344 g/mol. The molecule has 0 saturated carbocycles. The zero-order chi connectivity index (χ0) is 12.3. The second kappa shape index (κ2) is 5.71. The van der Waals surface area contributed by atoms with Crippen LogP contribution in [0.15, 0.2) is 0 Å². The molecule has 0 rings (SSSR count). The summed E-state index contributed by atoms with van der Waals surface area (Å²) < 4.78 is 11.7. The van der Waals surface area contributed by atoms with Crippen LogP contribution in [0.4, 0.5) is 0 Å². The standard InChI is InChI=1S/C9H22INO2PS/c1-8(2,10-5)7-9(3,4)11-14(12,13)15-6/h7H2,1-6H3,(H2,11,12,13)/q-1/p-1. The van der Waals surface area contributed by atoms with Crippen LogP contribution in [0.3, 0.4) is 0 Å². The fourth-order valence-corrected chi connectivity index (χ4v) is 4.84. The van der Waals surface area contributed by atoms with Crippen LogP contribution >= 0.6 is 18.1 Å². The van der Waals surface area contributed by atoms with Crippen molar-refractivity contribution in [3.8, 4) is 0 Å². The second-order valence-corrected chi connectivity index (χ2v) is 12.9. The molecule has 0 aliphatic carbocycles. The van der Waals surface area contributed by atoms with Crippen LogP contribution in [0.2, 0.25) is 0 Å². The summed E-state index contributed by atoms with van der Waals surface area (Å²) in [6.45, 7) is 4.86. The molecule has 0 amide bonds. The van der Waals surface area contributed by atoms with E-state index < -0.39 is 6.72 Å². The van der Waals surface area contributed by atoms with Gasteiger partial charge in [0.1, 0.15) is 0 Å². The molecule has 15 heavy (non-hydrogen) atoms.